The summed E-state index contributed by atoms with van der Waals surface area (Å²) in [7, 11) is 0.157. The molecule has 0 aromatic heterocycles. The molecule has 0 fully saturated rings. The summed E-state index contributed by atoms with van der Waals surface area (Å²) in [6, 6.07) is 10.8. The van der Waals surface area contributed by atoms with E-state index in [1.165, 1.54) is 0 Å². The van der Waals surface area contributed by atoms with Crippen molar-refractivity contribution in [3.05, 3.63) is 36.4 Å². The number of nitrogens with one attached hydrogen (secondary N) is 2. The van der Waals surface area contributed by atoms with Crippen LogP contribution in [-0.2, 0) is 14.8 Å². The summed E-state index contributed by atoms with van der Waals surface area (Å²) in [5.41, 5.74) is 0.950. The van der Waals surface area contributed by atoms with Gasteiger partial charge in [0.05, 0.1) is 10.6 Å². The largest absolute Gasteiger partial charge is 0.377 e. The third-order valence-electron chi connectivity index (χ3n) is 3.51. The van der Waals surface area contributed by atoms with E-state index in [0.29, 0.717) is 5.39 Å². The van der Waals surface area contributed by atoms with E-state index in [1.54, 1.807) is 18.2 Å². The van der Waals surface area contributed by atoms with Crippen LogP contribution in [0.2, 0.25) is 0 Å². The predicted molar refractivity (Wildman–Crippen MR) is 100 cm³/mol. The predicted octanol–water partition coefficient (Wildman–Crippen LogP) is 1.23. The fraction of sp³-hybridized carbons (Fsp3) is 0.312. The number of sulfonamides is 1. The molecule has 0 saturated heterocycles. The maximum Gasteiger partial charge on any atom is 0.241 e. The average Bonchev–Trinajstić information content (AvgIpc) is 2.57. The maximum atomic E-state index is 12.6. The quantitative estimate of drug-likeness (QED) is 0.508. The lowest BCUT2D eigenvalue weighted by molar-refractivity contribution is -0.118. The van der Waals surface area contributed by atoms with E-state index < -0.39 is 10.0 Å². The van der Waals surface area contributed by atoms with Gasteiger partial charge in [-0.1, -0.05) is 24.3 Å². The minimum atomic E-state index is -3.67. The number of hydrogen-bond donors (Lipinski definition) is 3. The van der Waals surface area contributed by atoms with Crippen molar-refractivity contribution in [3.63, 3.8) is 0 Å². The van der Waals surface area contributed by atoms with E-state index in [0.717, 1.165) is 11.1 Å². The zero-order valence-electron chi connectivity index (χ0n) is 13.6. The summed E-state index contributed by atoms with van der Waals surface area (Å²) in [4.78, 5) is 13.3. The van der Waals surface area contributed by atoms with Crippen molar-refractivity contribution in [2.75, 3.05) is 37.8 Å². The molecule has 130 valence electrons. The molecule has 0 heterocycles. The van der Waals surface area contributed by atoms with Crippen LogP contribution in [0.4, 0.5) is 5.69 Å². The summed E-state index contributed by atoms with van der Waals surface area (Å²) in [5.74, 6) is -0.165. The van der Waals surface area contributed by atoms with Crippen LogP contribution in [-0.4, -0.2) is 47.3 Å². The molecule has 24 heavy (non-hydrogen) atoms. The van der Waals surface area contributed by atoms with Gasteiger partial charge in [-0.25, -0.2) is 13.1 Å². The van der Waals surface area contributed by atoms with Gasteiger partial charge < -0.3 is 10.2 Å². The normalized spacial score (nSPS) is 11.5. The van der Waals surface area contributed by atoms with Crippen LogP contribution >= 0.6 is 12.6 Å². The summed E-state index contributed by atoms with van der Waals surface area (Å²) in [6.07, 6.45) is 0. The number of fused-ring (bicyclic) bond motifs is 1. The van der Waals surface area contributed by atoms with Crippen molar-refractivity contribution < 1.29 is 13.2 Å². The van der Waals surface area contributed by atoms with Gasteiger partial charge in [0.15, 0.2) is 0 Å². The van der Waals surface area contributed by atoms with E-state index in [1.807, 2.05) is 37.2 Å². The van der Waals surface area contributed by atoms with E-state index in [-0.39, 0.29) is 29.6 Å². The number of carbonyl (C=O) groups excluding carboxylic acids is 1. The maximum absolute atomic E-state index is 12.6. The third-order valence-corrected chi connectivity index (χ3v) is 5.32. The van der Waals surface area contributed by atoms with Crippen molar-refractivity contribution in [3.8, 4) is 0 Å². The number of hydrogen-bond acceptors (Lipinski definition) is 5. The first-order valence-electron chi connectivity index (χ1n) is 7.43. The Hall–Kier alpha value is -1.77. The number of amides is 1. The van der Waals surface area contributed by atoms with Gasteiger partial charge in [0.25, 0.3) is 0 Å². The summed E-state index contributed by atoms with van der Waals surface area (Å²) >= 11 is 3.84. The van der Waals surface area contributed by atoms with E-state index >= 15 is 0 Å². The molecular weight excluding hydrogens is 346 g/mol. The molecule has 2 rings (SSSR count). The Labute approximate surface area is 147 Å². The molecule has 0 spiro atoms. The molecule has 0 radical (unpaired) electrons. The Kier molecular flexibility index (Phi) is 6.09. The van der Waals surface area contributed by atoms with Crippen molar-refractivity contribution >= 4 is 45.0 Å². The van der Waals surface area contributed by atoms with Crippen molar-refractivity contribution in [2.45, 2.75) is 4.90 Å². The molecule has 0 aliphatic heterocycles. The molecule has 2 aromatic carbocycles. The van der Waals surface area contributed by atoms with Crippen molar-refractivity contribution in [1.82, 2.24) is 10.0 Å². The Bertz CT molecular complexity index is 836. The Morgan fingerprint density at radius 3 is 2.42 bits per heavy atom. The summed E-state index contributed by atoms with van der Waals surface area (Å²) < 4.78 is 27.7. The number of carbonyl (C=O) groups is 1. The molecule has 8 heteroatoms. The fourth-order valence-electron chi connectivity index (χ4n) is 2.41. The van der Waals surface area contributed by atoms with Gasteiger partial charge in [-0.3, -0.25) is 4.79 Å². The zero-order valence-corrected chi connectivity index (χ0v) is 15.3. The number of rotatable bonds is 7. The van der Waals surface area contributed by atoms with Crippen LogP contribution in [0.1, 0.15) is 0 Å². The highest BCUT2D eigenvalue weighted by Gasteiger charge is 2.18. The second-order valence-corrected chi connectivity index (χ2v) is 7.48. The highest BCUT2D eigenvalue weighted by Crippen LogP contribution is 2.29. The second kappa shape index (κ2) is 7.87. The molecule has 2 aromatic rings. The first-order chi connectivity index (χ1) is 11.4. The SMILES string of the molecule is CN(C)c1cccc2c(S(=O)(=O)NCCNC(=O)CS)cccc12. The molecule has 6 nitrogen and oxygen atoms in total. The topological polar surface area (TPSA) is 78.5 Å². The van der Waals surface area contributed by atoms with Gasteiger partial charge in [0, 0.05) is 43.6 Å². The zero-order chi connectivity index (χ0) is 17.7. The number of thiol groups is 1. The van der Waals surface area contributed by atoms with E-state index in [4.69, 9.17) is 0 Å². The van der Waals surface area contributed by atoms with Crippen LogP contribution in [0.5, 0.6) is 0 Å². The first-order valence-corrected chi connectivity index (χ1v) is 9.54. The monoisotopic (exact) mass is 367 g/mol. The lowest BCUT2D eigenvalue weighted by Crippen LogP contribution is -2.35. The average molecular weight is 367 g/mol. The highest BCUT2D eigenvalue weighted by atomic mass is 32.2. The minimum Gasteiger partial charge on any atom is -0.377 e. The highest BCUT2D eigenvalue weighted by molar-refractivity contribution is 7.89. The number of anilines is 1. The van der Waals surface area contributed by atoms with Crippen LogP contribution in [0.25, 0.3) is 10.8 Å². The van der Waals surface area contributed by atoms with Gasteiger partial charge in [-0.05, 0) is 12.1 Å². The summed E-state index contributed by atoms with van der Waals surface area (Å²) in [6.45, 7) is 0.331. The van der Waals surface area contributed by atoms with Gasteiger partial charge in [0.2, 0.25) is 15.9 Å². The molecule has 0 bridgehead atoms. The Balaban J connectivity index is 2.27. The molecule has 0 unspecified atom stereocenters. The van der Waals surface area contributed by atoms with E-state index in [9.17, 15) is 13.2 Å². The van der Waals surface area contributed by atoms with Gasteiger partial charge in [-0.15, -0.1) is 0 Å². The van der Waals surface area contributed by atoms with Crippen molar-refractivity contribution in [1.29, 1.82) is 0 Å². The van der Waals surface area contributed by atoms with Crippen LogP contribution in [0.3, 0.4) is 0 Å². The second-order valence-electron chi connectivity index (χ2n) is 5.43. The molecule has 0 atom stereocenters. The fourth-order valence-corrected chi connectivity index (χ4v) is 3.77. The molecule has 1 amide bonds. The minimum absolute atomic E-state index is 0.0728. The Morgan fingerprint density at radius 1 is 1.08 bits per heavy atom. The number of benzene rings is 2. The van der Waals surface area contributed by atoms with Crippen LogP contribution < -0.4 is 14.9 Å². The van der Waals surface area contributed by atoms with E-state index in [2.05, 4.69) is 22.7 Å². The lowest BCUT2D eigenvalue weighted by Gasteiger charge is -2.17. The van der Waals surface area contributed by atoms with Gasteiger partial charge >= 0.3 is 0 Å². The summed E-state index contributed by atoms with van der Waals surface area (Å²) in [5, 5.41) is 4.10. The molecule has 0 aliphatic rings. The third kappa shape index (κ3) is 4.19. The lowest BCUT2D eigenvalue weighted by atomic mass is 10.1. The van der Waals surface area contributed by atoms with Crippen molar-refractivity contribution in [2.24, 2.45) is 0 Å². The van der Waals surface area contributed by atoms with Crippen LogP contribution in [0, 0.1) is 0 Å². The smallest absolute Gasteiger partial charge is 0.241 e. The van der Waals surface area contributed by atoms with Gasteiger partial charge in [-0.2, -0.15) is 12.6 Å². The van der Waals surface area contributed by atoms with Gasteiger partial charge in [0.1, 0.15) is 0 Å². The Morgan fingerprint density at radius 2 is 1.75 bits per heavy atom. The standard InChI is InChI=1S/C16H21N3O3S2/c1-19(2)14-7-3-6-13-12(14)5-4-8-15(13)24(21,22)18-10-9-17-16(20)11-23/h3-8,18,23H,9-11H2,1-2H3,(H,17,20). The first kappa shape index (κ1) is 18.6. The molecule has 0 saturated carbocycles. The molecule has 0 aliphatic carbocycles. The molecular formula is C16H21N3O3S2. The molecule has 2 N–H and O–H groups in total. The number of nitrogens with zero attached hydrogens (tertiary/aromatic N) is 1. The van der Waals surface area contributed by atoms with Crippen LogP contribution in [0.15, 0.2) is 41.3 Å².